The van der Waals surface area contributed by atoms with Crippen LogP contribution in [0.15, 0.2) is 30.6 Å². The molecule has 7 heteroatoms. The second-order valence-electron chi connectivity index (χ2n) is 6.06. The molecule has 0 aliphatic carbocycles. The summed E-state index contributed by atoms with van der Waals surface area (Å²) in [5, 5.41) is 18.8. The summed E-state index contributed by atoms with van der Waals surface area (Å²) in [4.78, 5) is 6.84. The fraction of sp³-hybridized carbons (Fsp3) is 0.294. The van der Waals surface area contributed by atoms with E-state index in [2.05, 4.69) is 15.1 Å². The van der Waals surface area contributed by atoms with Gasteiger partial charge in [0.1, 0.15) is 5.82 Å². The first-order valence-corrected chi connectivity index (χ1v) is 8.54. The highest BCUT2D eigenvalue weighted by molar-refractivity contribution is 6.45. The molecule has 1 aliphatic rings. The van der Waals surface area contributed by atoms with Crippen molar-refractivity contribution in [3.63, 3.8) is 0 Å². The minimum Gasteiger partial charge on any atom is -0.391 e. The average molecular weight is 363 g/mol. The number of aliphatic hydroxyl groups excluding tert-OH is 1. The van der Waals surface area contributed by atoms with Crippen LogP contribution in [0.3, 0.4) is 0 Å². The Morgan fingerprint density at radius 2 is 2.17 bits per heavy atom. The van der Waals surface area contributed by atoms with E-state index in [1.54, 1.807) is 12.3 Å². The zero-order chi connectivity index (χ0) is 16.8. The number of rotatable bonds is 2. The van der Waals surface area contributed by atoms with Gasteiger partial charge in [0.25, 0.3) is 0 Å². The summed E-state index contributed by atoms with van der Waals surface area (Å²) in [5.74, 6) is 0.784. The lowest BCUT2D eigenvalue weighted by atomic mass is 10.0. The summed E-state index contributed by atoms with van der Waals surface area (Å²) < 4.78 is 0. The Morgan fingerprint density at radius 1 is 1.33 bits per heavy atom. The van der Waals surface area contributed by atoms with Gasteiger partial charge >= 0.3 is 0 Å². The molecule has 2 aromatic heterocycles. The molecule has 2 N–H and O–H groups in total. The number of H-pyrrole nitrogens is 1. The molecule has 1 saturated heterocycles. The van der Waals surface area contributed by atoms with Gasteiger partial charge in [-0.15, -0.1) is 0 Å². The maximum absolute atomic E-state index is 10.1. The number of anilines is 1. The smallest absolute Gasteiger partial charge is 0.130 e. The van der Waals surface area contributed by atoms with Crippen molar-refractivity contribution in [2.75, 3.05) is 11.4 Å². The molecule has 124 valence electrons. The fourth-order valence-electron chi connectivity index (χ4n) is 3.25. The van der Waals surface area contributed by atoms with E-state index in [1.807, 2.05) is 25.3 Å². The number of aromatic amines is 1. The first-order chi connectivity index (χ1) is 11.6. The number of pyridine rings is 1. The number of fused-ring (bicyclic) bond motifs is 1. The van der Waals surface area contributed by atoms with Crippen LogP contribution in [0.5, 0.6) is 0 Å². The van der Waals surface area contributed by atoms with E-state index in [0.717, 1.165) is 35.3 Å². The van der Waals surface area contributed by atoms with Crippen LogP contribution in [0.1, 0.15) is 13.3 Å². The number of nitrogens with zero attached hydrogens (tertiary/aromatic N) is 3. The van der Waals surface area contributed by atoms with Gasteiger partial charge in [-0.1, -0.05) is 29.3 Å². The lowest BCUT2D eigenvalue weighted by molar-refractivity contribution is 0.170. The van der Waals surface area contributed by atoms with Crippen LogP contribution in [0.4, 0.5) is 5.82 Å². The summed E-state index contributed by atoms with van der Waals surface area (Å²) in [5.41, 5.74) is 2.59. The Kier molecular flexibility index (Phi) is 3.87. The van der Waals surface area contributed by atoms with Crippen LogP contribution in [0.2, 0.25) is 10.0 Å². The van der Waals surface area contributed by atoms with Gasteiger partial charge in [0, 0.05) is 23.7 Å². The van der Waals surface area contributed by atoms with Gasteiger partial charge in [-0.25, -0.2) is 4.98 Å². The van der Waals surface area contributed by atoms with Crippen LogP contribution in [-0.4, -0.2) is 39.0 Å². The molecule has 3 aromatic rings. The van der Waals surface area contributed by atoms with Crippen LogP contribution >= 0.6 is 23.2 Å². The van der Waals surface area contributed by atoms with Gasteiger partial charge in [0.05, 0.1) is 33.9 Å². The van der Waals surface area contributed by atoms with Gasteiger partial charge in [-0.05, 0) is 31.0 Å². The van der Waals surface area contributed by atoms with E-state index in [1.165, 1.54) is 0 Å². The summed E-state index contributed by atoms with van der Waals surface area (Å²) >= 11 is 12.6. The summed E-state index contributed by atoms with van der Waals surface area (Å²) in [6.07, 6.45) is 3.98. The second kappa shape index (κ2) is 5.92. The van der Waals surface area contributed by atoms with Crippen molar-refractivity contribution >= 4 is 39.9 Å². The zero-order valence-electron chi connectivity index (χ0n) is 13.0. The lowest BCUT2D eigenvalue weighted by Crippen LogP contribution is -2.32. The van der Waals surface area contributed by atoms with Gasteiger partial charge in [-0.3, -0.25) is 5.10 Å². The molecule has 1 aromatic carbocycles. The van der Waals surface area contributed by atoms with Crippen molar-refractivity contribution in [2.24, 2.45) is 0 Å². The predicted octanol–water partition coefficient (Wildman–Crippen LogP) is 3.89. The molecule has 1 aliphatic heterocycles. The number of aromatic nitrogens is 3. The minimum atomic E-state index is -0.352. The first kappa shape index (κ1) is 15.7. The van der Waals surface area contributed by atoms with Crippen LogP contribution in [-0.2, 0) is 0 Å². The first-order valence-electron chi connectivity index (χ1n) is 7.79. The summed E-state index contributed by atoms with van der Waals surface area (Å²) in [7, 11) is 0. The summed E-state index contributed by atoms with van der Waals surface area (Å²) in [6, 6.07) is 5.72. The molecule has 0 amide bonds. The van der Waals surface area contributed by atoms with Crippen molar-refractivity contribution < 1.29 is 5.11 Å². The highest BCUT2D eigenvalue weighted by atomic mass is 35.5. The Labute approximate surface area is 149 Å². The quantitative estimate of drug-likeness (QED) is 0.725. The van der Waals surface area contributed by atoms with E-state index in [0.29, 0.717) is 15.6 Å². The molecule has 0 spiro atoms. The molecule has 0 saturated carbocycles. The second-order valence-corrected chi connectivity index (χ2v) is 6.85. The molecule has 4 rings (SSSR count). The van der Waals surface area contributed by atoms with Crippen LogP contribution in [0.25, 0.3) is 22.0 Å². The molecule has 3 heterocycles. The summed E-state index contributed by atoms with van der Waals surface area (Å²) in [6.45, 7) is 2.75. The van der Waals surface area contributed by atoms with E-state index in [-0.39, 0.29) is 12.1 Å². The third-order valence-corrected chi connectivity index (χ3v) is 5.47. The monoisotopic (exact) mass is 362 g/mol. The SMILES string of the molecule is C[C@@H]1[C@@H](O)CCN1c1cc(-c2cn[nH]c2)c2ccc(Cl)c(Cl)c2n1. The van der Waals surface area contributed by atoms with Gasteiger partial charge in [0.15, 0.2) is 0 Å². The van der Waals surface area contributed by atoms with E-state index >= 15 is 0 Å². The molecule has 24 heavy (non-hydrogen) atoms. The molecule has 0 bridgehead atoms. The minimum absolute atomic E-state index is 0.00473. The van der Waals surface area contributed by atoms with Crippen LogP contribution in [0, 0.1) is 0 Å². The third-order valence-electron chi connectivity index (χ3n) is 4.68. The number of hydrogen-bond donors (Lipinski definition) is 2. The molecular formula is C17H16Cl2N4O. The number of nitrogens with one attached hydrogen (secondary N) is 1. The van der Waals surface area contributed by atoms with Crippen molar-refractivity contribution in [1.82, 2.24) is 15.2 Å². The Balaban J connectivity index is 1.97. The topological polar surface area (TPSA) is 65.0 Å². The largest absolute Gasteiger partial charge is 0.391 e. The van der Waals surface area contributed by atoms with Crippen LogP contribution < -0.4 is 4.90 Å². The van der Waals surface area contributed by atoms with E-state index < -0.39 is 0 Å². The van der Waals surface area contributed by atoms with Crippen molar-refractivity contribution in [1.29, 1.82) is 0 Å². The number of hydrogen-bond acceptors (Lipinski definition) is 4. The predicted molar refractivity (Wildman–Crippen MR) is 96.8 cm³/mol. The van der Waals surface area contributed by atoms with Gasteiger partial charge < -0.3 is 10.0 Å². The number of aliphatic hydroxyl groups is 1. The third kappa shape index (κ3) is 2.44. The van der Waals surface area contributed by atoms with Crippen molar-refractivity contribution in [2.45, 2.75) is 25.5 Å². The Morgan fingerprint density at radius 3 is 2.83 bits per heavy atom. The van der Waals surface area contributed by atoms with Gasteiger partial charge in [-0.2, -0.15) is 5.10 Å². The number of benzene rings is 1. The fourth-order valence-corrected chi connectivity index (χ4v) is 3.61. The molecule has 1 fully saturated rings. The Hall–Kier alpha value is -1.82. The average Bonchev–Trinajstić information content (AvgIpc) is 3.22. The number of halogens is 2. The Bertz CT molecular complexity index is 897. The zero-order valence-corrected chi connectivity index (χ0v) is 14.5. The van der Waals surface area contributed by atoms with Crippen molar-refractivity contribution in [3.05, 3.63) is 40.6 Å². The van der Waals surface area contributed by atoms with Crippen molar-refractivity contribution in [3.8, 4) is 11.1 Å². The van der Waals surface area contributed by atoms with E-state index in [9.17, 15) is 5.11 Å². The molecule has 5 nitrogen and oxygen atoms in total. The standard InChI is InChI=1S/C17H16Cl2N4O/c1-9-14(24)4-5-23(9)15-6-12(10-7-20-21-8-10)11-2-3-13(18)16(19)17(11)22-15/h2-3,6-9,14,24H,4-5H2,1H3,(H,20,21)/t9-,14+/m1/s1. The highest BCUT2D eigenvalue weighted by Gasteiger charge is 2.30. The lowest BCUT2D eigenvalue weighted by Gasteiger charge is -2.25. The molecule has 2 atom stereocenters. The molecular weight excluding hydrogens is 347 g/mol. The van der Waals surface area contributed by atoms with Gasteiger partial charge in [0.2, 0.25) is 0 Å². The molecule has 0 unspecified atom stereocenters. The highest BCUT2D eigenvalue weighted by Crippen LogP contribution is 2.38. The normalized spacial score (nSPS) is 20.9. The molecule has 0 radical (unpaired) electrons. The maximum atomic E-state index is 10.1. The van der Waals surface area contributed by atoms with E-state index in [4.69, 9.17) is 28.2 Å². The maximum Gasteiger partial charge on any atom is 0.130 e.